The summed E-state index contributed by atoms with van der Waals surface area (Å²) in [6.07, 6.45) is 7.34. The average molecular weight is 322 g/mol. The Balaban J connectivity index is 1.88. The molecule has 4 N–H and O–H groups in total. The molecule has 2 aliphatic rings. The summed E-state index contributed by atoms with van der Waals surface area (Å²) >= 11 is 1.21. The molecule has 0 saturated carbocycles. The lowest BCUT2D eigenvalue weighted by molar-refractivity contribution is -0.110. The van der Waals surface area contributed by atoms with Crippen LogP contribution in [0.25, 0.3) is 0 Å². The van der Waals surface area contributed by atoms with E-state index in [1.807, 2.05) is 0 Å². The average Bonchev–Trinajstić information content (AvgIpc) is 2.55. The summed E-state index contributed by atoms with van der Waals surface area (Å²) in [6, 6.07) is 0. The van der Waals surface area contributed by atoms with Crippen molar-refractivity contribution in [1.29, 1.82) is 0 Å². The van der Waals surface area contributed by atoms with Crippen LogP contribution in [0.3, 0.4) is 0 Å². The predicted octanol–water partition coefficient (Wildman–Crippen LogP) is 0.0181. The maximum atomic E-state index is 5.61. The zero-order chi connectivity index (χ0) is 15.4. The van der Waals surface area contributed by atoms with E-state index in [1.54, 1.807) is 0 Å². The summed E-state index contributed by atoms with van der Waals surface area (Å²) < 4.78 is 0. The van der Waals surface area contributed by atoms with Crippen molar-refractivity contribution >= 4 is 28.8 Å². The molecule has 120 valence electrons. The molecule has 0 aromatic carbocycles. The van der Waals surface area contributed by atoms with Gasteiger partial charge in [-0.15, -0.1) is 0 Å². The second-order valence-corrected chi connectivity index (χ2v) is 6.86. The highest BCUT2D eigenvalue weighted by Crippen LogP contribution is 2.24. The van der Waals surface area contributed by atoms with Crippen LogP contribution in [0, 0.1) is 0 Å². The number of rotatable bonds is 3. The minimum Gasteiger partial charge on any atom is -0.341 e. The van der Waals surface area contributed by atoms with Crippen molar-refractivity contribution < 1.29 is 5.41 Å². The monoisotopic (exact) mass is 322 g/mol. The summed E-state index contributed by atoms with van der Waals surface area (Å²) in [5.41, 5.74) is 5.61. The maximum absolute atomic E-state index is 5.61. The summed E-state index contributed by atoms with van der Waals surface area (Å²) in [6.45, 7) is 4.04. The minimum absolute atomic E-state index is 0.264. The second kappa shape index (κ2) is 7.13. The van der Waals surface area contributed by atoms with Gasteiger partial charge in [0, 0.05) is 37.9 Å². The lowest BCUT2D eigenvalue weighted by Gasteiger charge is -2.30. The van der Waals surface area contributed by atoms with Crippen molar-refractivity contribution in [2.24, 2.45) is 5.73 Å². The van der Waals surface area contributed by atoms with Crippen molar-refractivity contribution in [3.63, 3.8) is 0 Å². The third-order valence-electron chi connectivity index (χ3n) is 4.08. The summed E-state index contributed by atoms with van der Waals surface area (Å²) in [7, 11) is 0. The molecule has 0 unspecified atom stereocenters. The summed E-state index contributed by atoms with van der Waals surface area (Å²) in [5.74, 6) is 1.53. The van der Waals surface area contributed by atoms with Crippen LogP contribution in [0.2, 0.25) is 0 Å². The zero-order valence-electron chi connectivity index (χ0n) is 12.9. The number of anilines is 2. The molecule has 0 amide bonds. The molecule has 3 rings (SSSR count). The van der Waals surface area contributed by atoms with Crippen LogP contribution in [0.4, 0.5) is 11.9 Å². The molecule has 0 spiro atoms. The number of aromatic nitrogens is 3. The fourth-order valence-corrected chi connectivity index (χ4v) is 3.42. The lowest BCUT2D eigenvalue weighted by Crippen LogP contribution is -2.43. The van der Waals surface area contributed by atoms with Gasteiger partial charge in [0.1, 0.15) is 0 Å². The third-order valence-corrected chi connectivity index (χ3v) is 4.68. The maximum Gasteiger partial charge on any atom is 0.307 e. The Labute approximate surface area is 135 Å². The molecule has 0 aliphatic carbocycles. The summed E-state index contributed by atoms with van der Waals surface area (Å²) in [5, 5.41) is 6.47. The van der Waals surface area contributed by atoms with Gasteiger partial charge in [-0.25, -0.2) is 0 Å². The lowest BCUT2D eigenvalue weighted by atomic mass is 10.1. The summed E-state index contributed by atoms with van der Waals surface area (Å²) in [4.78, 5) is 18.3. The van der Waals surface area contributed by atoms with Crippen LogP contribution in [-0.4, -0.2) is 46.3 Å². The van der Waals surface area contributed by atoms with Crippen molar-refractivity contribution in [2.75, 3.05) is 36.0 Å². The Morgan fingerprint density at radius 1 is 0.818 bits per heavy atom. The topological polar surface area (TPSA) is 96.8 Å². The third kappa shape index (κ3) is 3.79. The van der Waals surface area contributed by atoms with Gasteiger partial charge in [-0.05, 0) is 38.5 Å². The quantitative estimate of drug-likeness (QED) is 0.460. The Kier molecular flexibility index (Phi) is 4.97. The molecular weight excluding hydrogens is 298 g/mol. The van der Waals surface area contributed by atoms with Crippen LogP contribution in [0.5, 0.6) is 0 Å². The van der Waals surface area contributed by atoms with Gasteiger partial charge in [0.2, 0.25) is 17.1 Å². The van der Waals surface area contributed by atoms with Gasteiger partial charge in [0.25, 0.3) is 0 Å². The smallest absolute Gasteiger partial charge is 0.307 e. The van der Waals surface area contributed by atoms with Crippen LogP contribution in [-0.2, 0) is 0 Å². The SMILES string of the molecule is NC(=[NH2+])Sc1nc(N2CCCCC2)nc(N2CCCCC2)n1. The minimum atomic E-state index is 0.264. The van der Waals surface area contributed by atoms with E-state index in [4.69, 9.17) is 16.1 Å². The standard InChI is InChI=1S/C14H23N7S/c15-11(16)22-14-18-12(20-7-3-1-4-8-20)17-13(19-14)21-9-5-2-6-10-21/h1-10H2,(H3,15,16)/p+1. The molecule has 22 heavy (non-hydrogen) atoms. The van der Waals surface area contributed by atoms with E-state index in [0.717, 1.165) is 38.1 Å². The van der Waals surface area contributed by atoms with Gasteiger partial charge < -0.3 is 9.80 Å². The Morgan fingerprint density at radius 3 is 1.68 bits per heavy atom. The molecule has 8 heteroatoms. The Bertz CT molecular complexity index is 488. The van der Waals surface area contributed by atoms with E-state index in [2.05, 4.69) is 19.8 Å². The Morgan fingerprint density at radius 2 is 1.27 bits per heavy atom. The molecular formula is C14H24N7S+. The van der Waals surface area contributed by atoms with Crippen molar-refractivity contribution in [3.8, 4) is 0 Å². The highest BCUT2D eigenvalue weighted by atomic mass is 32.2. The molecule has 1 aromatic rings. The van der Waals surface area contributed by atoms with Gasteiger partial charge in [-0.1, -0.05) is 0 Å². The van der Waals surface area contributed by atoms with Crippen LogP contribution in [0.1, 0.15) is 38.5 Å². The van der Waals surface area contributed by atoms with Crippen molar-refractivity contribution in [3.05, 3.63) is 0 Å². The molecule has 2 fully saturated rings. The van der Waals surface area contributed by atoms with Crippen molar-refractivity contribution in [1.82, 2.24) is 15.0 Å². The Hall–Kier alpha value is -1.57. The van der Waals surface area contributed by atoms with E-state index < -0.39 is 0 Å². The predicted molar refractivity (Wildman–Crippen MR) is 88.9 cm³/mol. The van der Waals surface area contributed by atoms with E-state index in [9.17, 15) is 0 Å². The van der Waals surface area contributed by atoms with E-state index in [1.165, 1.54) is 50.3 Å². The zero-order valence-corrected chi connectivity index (χ0v) is 13.7. The van der Waals surface area contributed by atoms with Crippen LogP contribution in [0.15, 0.2) is 5.16 Å². The van der Waals surface area contributed by atoms with E-state index in [0.29, 0.717) is 5.16 Å². The molecule has 0 radical (unpaired) electrons. The largest absolute Gasteiger partial charge is 0.341 e. The number of nitrogens with zero attached hydrogens (tertiary/aromatic N) is 5. The molecule has 2 saturated heterocycles. The molecule has 0 bridgehead atoms. The molecule has 0 atom stereocenters. The first-order chi connectivity index (χ1) is 10.7. The molecule has 2 aliphatic heterocycles. The number of piperidine rings is 2. The molecule has 7 nitrogen and oxygen atoms in total. The fraction of sp³-hybridized carbons (Fsp3) is 0.714. The second-order valence-electron chi connectivity index (χ2n) is 5.82. The first-order valence-electron chi connectivity index (χ1n) is 8.04. The van der Waals surface area contributed by atoms with Crippen molar-refractivity contribution in [2.45, 2.75) is 43.7 Å². The van der Waals surface area contributed by atoms with Gasteiger partial charge in [0.15, 0.2) is 0 Å². The van der Waals surface area contributed by atoms with Gasteiger partial charge >= 0.3 is 5.17 Å². The number of hydrogen-bond acceptors (Lipinski definition) is 6. The first kappa shape index (κ1) is 15.3. The van der Waals surface area contributed by atoms with Gasteiger partial charge in [-0.3, -0.25) is 11.1 Å². The van der Waals surface area contributed by atoms with Crippen LogP contribution < -0.4 is 20.9 Å². The van der Waals surface area contributed by atoms with E-state index in [-0.39, 0.29) is 5.17 Å². The van der Waals surface area contributed by atoms with Gasteiger partial charge in [0.05, 0.1) is 0 Å². The number of amidine groups is 1. The fourth-order valence-electron chi connectivity index (χ4n) is 2.96. The highest BCUT2D eigenvalue weighted by Gasteiger charge is 2.21. The van der Waals surface area contributed by atoms with Crippen LogP contribution >= 0.6 is 11.8 Å². The number of nitrogens with two attached hydrogens (primary N) is 2. The highest BCUT2D eigenvalue weighted by molar-refractivity contribution is 8.13. The normalized spacial score (nSPS) is 19.3. The number of thioether (sulfide) groups is 1. The number of hydrogen-bond donors (Lipinski definition) is 2. The first-order valence-corrected chi connectivity index (χ1v) is 8.86. The van der Waals surface area contributed by atoms with E-state index >= 15 is 0 Å². The van der Waals surface area contributed by atoms with Gasteiger partial charge in [-0.2, -0.15) is 15.0 Å². The molecule has 1 aromatic heterocycles. The molecule has 3 heterocycles.